The van der Waals surface area contributed by atoms with Crippen molar-refractivity contribution in [1.29, 1.82) is 0 Å². The van der Waals surface area contributed by atoms with E-state index in [2.05, 4.69) is 14.7 Å². The molecule has 5 rings (SSSR count). The topological polar surface area (TPSA) is 104 Å². The van der Waals surface area contributed by atoms with Crippen molar-refractivity contribution in [2.75, 3.05) is 20.2 Å². The molecule has 9 heteroatoms. The smallest absolute Gasteiger partial charge is 0.241 e. The van der Waals surface area contributed by atoms with Crippen LogP contribution in [0, 0.1) is 0 Å². The van der Waals surface area contributed by atoms with Crippen LogP contribution in [0.3, 0.4) is 0 Å². The predicted octanol–water partition coefficient (Wildman–Crippen LogP) is 2.85. The second-order valence-electron chi connectivity index (χ2n) is 8.17. The average Bonchev–Trinajstić information content (AvgIpc) is 3.43. The van der Waals surface area contributed by atoms with E-state index in [9.17, 15) is 13.2 Å². The summed E-state index contributed by atoms with van der Waals surface area (Å²) in [5.41, 5.74) is 2.95. The number of H-pyrrole nitrogens is 1. The van der Waals surface area contributed by atoms with Gasteiger partial charge in [-0.2, -0.15) is 4.72 Å². The van der Waals surface area contributed by atoms with E-state index in [0.29, 0.717) is 31.7 Å². The first-order valence-electron chi connectivity index (χ1n) is 10.7. The van der Waals surface area contributed by atoms with Gasteiger partial charge in [-0.05, 0) is 65.6 Å². The SMILES string of the molecule is COc1ccc2ccc(S(=O)(=O)N[C@H]3CCN(CCc4ccc5nc[nH]c5c4)C3=O)cc2c1. The van der Waals surface area contributed by atoms with Crippen molar-refractivity contribution in [2.45, 2.75) is 23.8 Å². The summed E-state index contributed by atoms with van der Waals surface area (Å²) in [5, 5.41) is 1.66. The fourth-order valence-electron chi connectivity index (χ4n) is 4.22. The maximum atomic E-state index is 13.0. The van der Waals surface area contributed by atoms with E-state index in [1.807, 2.05) is 30.3 Å². The Hall–Kier alpha value is -3.43. The van der Waals surface area contributed by atoms with Gasteiger partial charge in [-0.25, -0.2) is 13.4 Å². The zero-order valence-electron chi connectivity index (χ0n) is 18.1. The fraction of sp³-hybridized carbons (Fsp3) is 0.250. The van der Waals surface area contributed by atoms with E-state index in [0.717, 1.165) is 27.4 Å². The van der Waals surface area contributed by atoms with Crippen molar-refractivity contribution in [3.05, 3.63) is 66.5 Å². The molecule has 170 valence electrons. The van der Waals surface area contributed by atoms with Gasteiger partial charge < -0.3 is 14.6 Å². The third-order valence-electron chi connectivity index (χ3n) is 6.08. The number of benzene rings is 3. The Morgan fingerprint density at radius 3 is 2.82 bits per heavy atom. The molecule has 1 amide bonds. The Kier molecular flexibility index (Phi) is 5.51. The molecule has 1 aliphatic heterocycles. The Morgan fingerprint density at radius 1 is 1.12 bits per heavy atom. The number of hydrogen-bond acceptors (Lipinski definition) is 5. The molecule has 2 N–H and O–H groups in total. The van der Waals surface area contributed by atoms with Crippen LogP contribution in [0.2, 0.25) is 0 Å². The van der Waals surface area contributed by atoms with Gasteiger partial charge >= 0.3 is 0 Å². The van der Waals surface area contributed by atoms with Gasteiger partial charge in [-0.1, -0.05) is 18.2 Å². The minimum atomic E-state index is -3.85. The second-order valence-corrected chi connectivity index (χ2v) is 9.88. The van der Waals surface area contributed by atoms with Crippen LogP contribution >= 0.6 is 0 Å². The molecule has 0 unspecified atom stereocenters. The number of nitrogens with one attached hydrogen (secondary N) is 2. The molecule has 0 saturated carbocycles. The maximum Gasteiger partial charge on any atom is 0.241 e. The third kappa shape index (κ3) is 4.29. The van der Waals surface area contributed by atoms with Crippen LogP contribution in [-0.2, 0) is 21.2 Å². The molecule has 3 aromatic carbocycles. The Morgan fingerprint density at radius 2 is 1.97 bits per heavy atom. The quantitative estimate of drug-likeness (QED) is 0.438. The molecule has 8 nitrogen and oxygen atoms in total. The van der Waals surface area contributed by atoms with Gasteiger partial charge in [0.1, 0.15) is 11.8 Å². The first-order chi connectivity index (χ1) is 15.9. The van der Waals surface area contributed by atoms with Crippen molar-refractivity contribution in [3.63, 3.8) is 0 Å². The standard InChI is InChI=1S/C24H24N4O4S/c1-32-19-5-3-17-4-6-20(14-18(17)13-19)33(30,31)27-22-9-11-28(24(22)29)10-8-16-2-7-21-23(12-16)26-15-25-21/h2-7,12-15,22,27H,8-11H2,1H3,(H,25,26)/t22-/m0/s1. The van der Waals surface area contributed by atoms with Crippen molar-refractivity contribution < 1.29 is 17.9 Å². The highest BCUT2D eigenvalue weighted by molar-refractivity contribution is 7.89. The normalized spacial score (nSPS) is 16.7. The van der Waals surface area contributed by atoms with Crippen LogP contribution in [0.5, 0.6) is 5.75 Å². The third-order valence-corrected chi connectivity index (χ3v) is 7.55. The van der Waals surface area contributed by atoms with Gasteiger partial charge in [0.15, 0.2) is 0 Å². The number of fused-ring (bicyclic) bond motifs is 2. The van der Waals surface area contributed by atoms with E-state index in [-0.39, 0.29) is 10.8 Å². The molecular weight excluding hydrogens is 440 g/mol. The molecule has 0 aliphatic carbocycles. The number of sulfonamides is 1. The van der Waals surface area contributed by atoms with Gasteiger partial charge in [0.2, 0.25) is 15.9 Å². The van der Waals surface area contributed by atoms with Gasteiger partial charge in [-0.3, -0.25) is 4.79 Å². The molecule has 1 saturated heterocycles. The summed E-state index contributed by atoms with van der Waals surface area (Å²) in [5.74, 6) is 0.460. The summed E-state index contributed by atoms with van der Waals surface area (Å²) in [7, 11) is -2.28. The van der Waals surface area contributed by atoms with Gasteiger partial charge in [-0.15, -0.1) is 0 Å². The molecule has 1 fully saturated rings. The number of rotatable bonds is 7. The summed E-state index contributed by atoms with van der Waals surface area (Å²) in [4.78, 5) is 22.0. The maximum absolute atomic E-state index is 13.0. The number of ether oxygens (including phenoxy) is 1. The number of carbonyl (C=O) groups is 1. The second kappa shape index (κ2) is 8.49. The summed E-state index contributed by atoms with van der Waals surface area (Å²) in [6.07, 6.45) is 2.78. The summed E-state index contributed by atoms with van der Waals surface area (Å²) in [6.45, 7) is 1.06. The first-order valence-corrected chi connectivity index (χ1v) is 12.2. The molecular formula is C24H24N4O4S. The first kappa shape index (κ1) is 21.4. The largest absolute Gasteiger partial charge is 0.497 e. The highest BCUT2D eigenvalue weighted by Crippen LogP contribution is 2.24. The molecule has 4 aromatic rings. The molecule has 0 radical (unpaired) electrons. The Balaban J connectivity index is 1.26. The lowest BCUT2D eigenvalue weighted by Crippen LogP contribution is -2.41. The number of carbonyl (C=O) groups excluding carboxylic acids is 1. The van der Waals surface area contributed by atoms with E-state index >= 15 is 0 Å². The van der Waals surface area contributed by atoms with E-state index < -0.39 is 16.1 Å². The predicted molar refractivity (Wildman–Crippen MR) is 126 cm³/mol. The van der Waals surface area contributed by atoms with Crippen LogP contribution in [0.15, 0.2) is 65.8 Å². The minimum absolute atomic E-state index is 0.127. The number of imidazole rings is 1. The zero-order chi connectivity index (χ0) is 23.0. The lowest BCUT2D eigenvalue weighted by Gasteiger charge is -2.17. The molecule has 33 heavy (non-hydrogen) atoms. The van der Waals surface area contributed by atoms with Crippen LogP contribution in [0.4, 0.5) is 0 Å². The van der Waals surface area contributed by atoms with Crippen molar-refractivity contribution >= 4 is 37.7 Å². The lowest BCUT2D eigenvalue weighted by atomic mass is 10.1. The molecule has 0 bridgehead atoms. The molecule has 1 atom stereocenters. The number of hydrogen-bond donors (Lipinski definition) is 2. The van der Waals surface area contributed by atoms with Gasteiger partial charge in [0.25, 0.3) is 0 Å². The van der Waals surface area contributed by atoms with Crippen LogP contribution in [0.1, 0.15) is 12.0 Å². The van der Waals surface area contributed by atoms with Crippen LogP contribution in [-0.4, -0.2) is 55.4 Å². The Labute approximate surface area is 191 Å². The number of likely N-dealkylation sites (tertiary alicyclic amines) is 1. The number of aromatic nitrogens is 2. The fourth-order valence-corrected chi connectivity index (χ4v) is 5.48. The van der Waals surface area contributed by atoms with Crippen molar-refractivity contribution in [3.8, 4) is 5.75 Å². The molecule has 2 heterocycles. The monoisotopic (exact) mass is 464 g/mol. The summed E-state index contributed by atoms with van der Waals surface area (Å²) < 4.78 is 33.8. The minimum Gasteiger partial charge on any atom is -0.497 e. The zero-order valence-corrected chi connectivity index (χ0v) is 18.9. The number of amides is 1. The Bertz CT molecular complexity index is 1450. The highest BCUT2D eigenvalue weighted by Gasteiger charge is 2.34. The summed E-state index contributed by atoms with van der Waals surface area (Å²) in [6, 6.07) is 15.6. The summed E-state index contributed by atoms with van der Waals surface area (Å²) >= 11 is 0. The van der Waals surface area contributed by atoms with E-state index in [1.54, 1.807) is 42.6 Å². The van der Waals surface area contributed by atoms with Crippen LogP contribution < -0.4 is 9.46 Å². The average molecular weight is 465 g/mol. The van der Waals surface area contributed by atoms with E-state index in [1.165, 1.54) is 0 Å². The molecule has 1 aliphatic rings. The van der Waals surface area contributed by atoms with Crippen molar-refractivity contribution in [1.82, 2.24) is 19.6 Å². The molecule has 1 aromatic heterocycles. The molecule has 0 spiro atoms. The number of nitrogens with zero attached hydrogens (tertiary/aromatic N) is 2. The lowest BCUT2D eigenvalue weighted by molar-refractivity contribution is -0.129. The number of methoxy groups -OCH3 is 1. The van der Waals surface area contributed by atoms with Gasteiger partial charge in [0, 0.05) is 13.1 Å². The van der Waals surface area contributed by atoms with Crippen LogP contribution in [0.25, 0.3) is 21.8 Å². The van der Waals surface area contributed by atoms with Gasteiger partial charge in [0.05, 0.1) is 29.4 Å². The van der Waals surface area contributed by atoms with E-state index in [4.69, 9.17) is 4.74 Å². The highest BCUT2D eigenvalue weighted by atomic mass is 32.2. The number of aromatic amines is 1. The van der Waals surface area contributed by atoms with Crippen molar-refractivity contribution in [2.24, 2.45) is 0 Å².